The van der Waals surface area contributed by atoms with E-state index in [2.05, 4.69) is 21.6 Å². The summed E-state index contributed by atoms with van der Waals surface area (Å²) in [4.78, 5) is 15.9. The number of methoxy groups -OCH3 is 1. The molecule has 3 aromatic heterocycles. The molecule has 9 heteroatoms. The molecule has 0 aliphatic heterocycles. The first kappa shape index (κ1) is 20.7. The molecule has 3 aromatic rings. The maximum atomic E-state index is 12.6. The molecule has 1 amide bonds. The van der Waals surface area contributed by atoms with Crippen LogP contribution < -0.4 is 10.2 Å². The molecule has 0 aliphatic carbocycles. The normalized spacial score (nSPS) is 13.4. The van der Waals surface area contributed by atoms with Crippen molar-refractivity contribution in [3.63, 3.8) is 0 Å². The Balaban J connectivity index is 1.57. The Bertz CT molecular complexity index is 833. The van der Waals surface area contributed by atoms with Gasteiger partial charge in [0.25, 0.3) is 17.7 Å². The van der Waals surface area contributed by atoms with E-state index in [0.717, 1.165) is 16.2 Å². The second kappa shape index (κ2) is 10.5. The van der Waals surface area contributed by atoms with Crippen LogP contribution in [0.3, 0.4) is 0 Å². The predicted octanol–water partition coefficient (Wildman–Crippen LogP) is 1.64. The zero-order valence-corrected chi connectivity index (χ0v) is 17.6. The molecule has 3 rings (SSSR count). The largest absolute Gasteiger partial charge is 0.414 e. The van der Waals surface area contributed by atoms with E-state index in [0.29, 0.717) is 38.0 Å². The highest BCUT2D eigenvalue weighted by molar-refractivity contribution is 7.13. The van der Waals surface area contributed by atoms with Crippen LogP contribution in [0.5, 0.6) is 0 Å². The SMILES string of the molecule is COCC[NH+](Cc1nnc(-c2cccs2)o1)[C@H](C)C(=O)NCCc1cccs1. The lowest BCUT2D eigenvalue weighted by Gasteiger charge is -2.23. The average Bonchev–Trinajstić information content (AvgIpc) is 3.46. The first-order valence-electron chi connectivity index (χ1n) is 9.17. The molecule has 0 aromatic carbocycles. The van der Waals surface area contributed by atoms with Gasteiger partial charge in [0.1, 0.15) is 6.54 Å². The van der Waals surface area contributed by atoms with Crippen LogP contribution in [-0.2, 0) is 22.5 Å². The summed E-state index contributed by atoms with van der Waals surface area (Å²) in [7, 11) is 1.66. The number of hydrogen-bond acceptors (Lipinski definition) is 7. The first-order chi connectivity index (χ1) is 13.7. The molecule has 3 heterocycles. The molecule has 1 unspecified atom stereocenters. The van der Waals surface area contributed by atoms with E-state index in [-0.39, 0.29) is 11.9 Å². The third-order valence-corrected chi connectivity index (χ3v) is 6.25. The maximum Gasteiger partial charge on any atom is 0.278 e. The lowest BCUT2D eigenvalue weighted by molar-refractivity contribution is -0.929. The standard InChI is InChI=1S/C19H24N4O3S2/c1-14(18(24)20-8-7-15-5-3-11-27-15)23(9-10-25-2)13-17-21-22-19(26-17)16-6-4-12-28-16/h3-6,11-12,14H,7-10,13H2,1-2H3,(H,20,24)/p+1/t14-/m1/s1. The molecule has 0 spiro atoms. The van der Waals surface area contributed by atoms with Gasteiger partial charge in [-0.2, -0.15) is 0 Å². The minimum absolute atomic E-state index is 0.0145. The Morgan fingerprint density at radius 1 is 1.29 bits per heavy atom. The Hall–Kier alpha value is -2.07. The van der Waals surface area contributed by atoms with E-state index in [1.807, 2.05) is 35.9 Å². The zero-order valence-electron chi connectivity index (χ0n) is 16.0. The fourth-order valence-corrected chi connectivity index (χ4v) is 4.17. The van der Waals surface area contributed by atoms with Crippen molar-refractivity contribution in [3.05, 3.63) is 45.8 Å². The Kier molecular flexibility index (Phi) is 7.72. The van der Waals surface area contributed by atoms with Crippen molar-refractivity contribution in [2.75, 3.05) is 26.8 Å². The topological polar surface area (TPSA) is 81.7 Å². The highest BCUT2D eigenvalue weighted by atomic mass is 32.1. The number of nitrogens with zero attached hydrogens (tertiary/aromatic N) is 2. The number of hydrogen-bond donors (Lipinski definition) is 2. The number of rotatable bonds is 11. The number of nitrogens with one attached hydrogen (secondary N) is 2. The third-order valence-electron chi connectivity index (χ3n) is 4.46. The summed E-state index contributed by atoms with van der Waals surface area (Å²) < 4.78 is 11.0. The predicted molar refractivity (Wildman–Crippen MR) is 110 cm³/mol. The smallest absolute Gasteiger partial charge is 0.278 e. The fraction of sp³-hybridized carbons (Fsp3) is 0.421. The van der Waals surface area contributed by atoms with Crippen molar-refractivity contribution < 1.29 is 18.8 Å². The summed E-state index contributed by atoms with van der Waals surface area (Å²) in [6.07, 6.45) is 0.845. The number of aromatic nitrogens is 2. The number of ether oxygens (including phenoxy) is 1. The van der Waals surface area contributed by atoms with Gasteiger partial charge >= 0.3 is 0 Å². The van der Waals surface area contributed by atoms with Crippen molar-refractivity contribution in [2.45, 2.75) is 25.9 Å². The minimum atomic E-state index is -0.254. The first-order valence-corrected chi connectivity index (χ1v) is 10.9. The van der Waals surface area contributed by atoms with Gasteiger partial charge in [-0.1, -0.05) is 12.1 Å². The van der Waals surface area contributed by atoms with Crippen molar-refractivity contribution in [1.82, 2.24) is 15.5 Å². The fourth-order valence-electron chi connectivity index (χ4n) is 2.81. The minimum Gasteiger partial charge on any atom is -0.414 e. The molecule has 0 saturated heterocycles. The van der Waals surface area contributed by atoms with Gasteiger partial charge in [0.15, 0.2) is 12.6 Å². The van der Waals surface area contributed by atoms with Crippen LogP contribution >= 0.6 is 22.7 Å². The number of carbonyl (C=O) groups excluding carboxylic acids is 1. The van der Waals surface area contributed by atoms with Crippen LogP contribution in [-0.4, -0.2) is 49.0 Å². The van der Waals surface area contributed by atoms with Gasteiger partial charge in [-0.15, -0.1) is 32.9 Å². The number of amides is 1. The Labute approximate surface area is 172 Å². The van der Waals surface area contributed by atoms with Crippen LogP contribution in [0.15, 0.2) is 39.4 Å². The zero-order chi connectivity index (χ0) is 19.8. The van der Waals surface area contributed by atoms with E-state index in [1.165, 1.54) is 4.88 Å². The number of carbonyl (C=O) groups is 1. The molecule has 28 heavy (non-hydrogen) atoms. The molecule has 150 valence electrons. The second-order valence-corrected chi connectivity index (χ2v) is 8.38. The molecule has 2 atom stereocenters. The van der Waals surface area contributed by atoms with E-state index < -0.39 is 0 Å². The average molecular weight is 422 g/mol. The van der Waals surface area contributed by atoms with Crippen LogP contribution in [0.4, 0.5) is 0 Å². The molecule has 0 fully saturated rings. The van der Waals surface area contributed by atoms with E-state index in [9.17, 15) is 4.79 Å². The summed E-state index contributed by atoms with van der Waals surface area (Å²) in [6, 6.07) is 7.74. The van der Waals surface area contributed by atoms with Crippen LogP contribution in [0.25, 0.3) is 10.8 Å². The monoisotopic (exact) mass is 421 g/mol. The Morgan fingerprint density at radius 3 is 2.82 bits per heavy atom. The molecule has 0 radical (unpaired) electrons. The summed E-state index contributed by atoms with van der Waals surface area (Å²) in [5.41, 5.74) is 0. The highest BCUT2D eigenvalue weighted by Gasteiger charge is 2.27. The van der Waals surface area contributed by atoms with Crippen molar-refractivity contribution in [3.8, 4) is 10.8 Å². The number of quaternary nitrogens is 1. The van der Waals surface area contributed by atoms with E-state index in [4.69, 9.17) is 9.15 Å². The van der Waals surface area contributed by atoms with Crippen molar-refractivity contribution >= 4 is 28.6 Å². The van der Waals surface area contributed by atoms with Crippen LogP contribution in [0, 0.1) is 0 Å². The van der Waals surface area contributed by atoms with Crippen molar-refractivity contribution in [1.29, 1.82) is 0 Å². The van der Waals surface area contributed by atoms with Gasteiger partial charge in [-0.25, -0.2) is 0 Å². The highest BCUT2D eigenvalue weighted by Crippen LogP contribution is 2.22. The lowest BCUT2D eigenvalue weighted by atomic mass is 10.2. The molecule has 0 bridgehead atoms. The van der Waals surface area contributed by atoms with Crippen LogP contribution in [0.1, 0.15) is 17.7 Å². The summed E-state index contributed by atoms with van der Waals surface area (Å²) in [5.74, 6) is 1.05. The molecular formula is C19H25N4O3S2+. The van der Waals surface area contributed by atoms with E-state index >= 15 is 0 Å². The van der Waals surface area contributed by atoms with Crippen LogP contribution in [0.2, 0.25) is 0 Å². The number of thiophene rings is 2. The van der Waals surface area contributed by atoms with Gasteiger partial charge in [-0.05, 0) is 36.2 Å². The van der Waals surface area contributed by atoms with Gasteiger partial charge in [0.2, 0.25) is 0 Å². The lowest BCUT2D eigenvalue weighted by Crippen LogP contribution is -3.16. The van der Waals surface area contributed by atoms with Gasteiger partial charge in [0, 0.05) is 18.5 Å². The maximum absolute atomic E-state index is 12.6. The second-order valence-electron chi connectivity index (χ2n) is 6.40. The third kappa shape index (κ3) is 5.71. The Morgan fingerprint density at radius 2 is 2.11 bits per heavy atom. The molecule has 0 aliphatic rings. The van der Waals surface area contributed by atoms with Gasteiger partial charge < -0.3 is 19.4 Å². The molecular weight excluding hydrogens is 396 g/mol. The summed E-state index contributed by atoms with van der Waals surface area (Å²) in [6.45, 7) is 4.24. The van der Waals surface area contributed by atoms with E-state index in [1.54, 1.807) is 29.8 Å². The quantitative estimate of drug-likeness (QED) is 0.492. The summed E-state index contributed by atoms with van der Waals surface area (Å²) in [5, 5.41) is 15.3. The molecule has 7 nitrogen and oxygen atoms in total. The molecule has 0 saturated carbocycles. The molecule has 2 N–H and O–H groups in total. The summed E-state index contributed by atoms with van der Waals surface area (Å²) >= 11 is 3.26. The van der Waals surface area contributed by atoms with Crippen molar-refractivity contribution in [2.24, 2.45) is 0 Å². The van der Waals surface area contributed by atoms with Gasteiger partial charge in [-0.3, -0.25) is 4.79 Å². The van der Waals surface area contributed by atoms with Gasteiger partial charge in [0.05, 0.1) is 11.5 Å².